The van der Waals surface area contributed by atoms with Gasteiger partial charge in [0, 0.05) is 4.47 Å². The van der Waals surface area contributed by atoms with Gasteiger partial charge in [-0.3, -0.25) is 4.79 Å². The predicted molar refractivity (Wildman–Crippen MR) is 77.6 cm³/mol. The molecule has 5 heteroatoms. The number of benzene rings is 2. The maximum absolute atomic E-state index is 13.5. The first-order valence-corrected chi connectivity index (χ1v) is 6.40. The van der Waals surface area contributed by atoms with Gasteiger partial charge in [0.15, 0.2) is 0 Å². The maximum atomic E-state index is 13.5. The predicted octanol–water partition coefficient (Wildman–Crippen LogP) is 3.73. The molecular weight excluding hydrogens is 311 g/mol. The van der Waals surface area contributed by atoms with Crippen LogP contribution in [-0.2, 0) is 0 Å². The Kier molecular flexibility index (Phi) is 3.85. The summed E-state index contributed by atoms with van der Waals surface area (Å²) in [4.78, 5) is 12.0. The molecule has 0 fully saturated rings. The topological polar surface area (TPSA) is 55.1 Å². The fraction of sp³-hybridized carbons (Fsp3) is 0.0714. The van der Waals surface area contributed by atoms with Gasteiger partial charge in [0.2, 0.25) is 0 Å². The molecule has 98 valence electrons. The van der Waals surface area contributed by atoms with E-state index in [0.29, 0.717) is 15.8 Å². The molecule has 0 aromatic heterocycles. The number of aryl methyl sites for hydroxylation is 1. The molecule has 0 spiro atoms. The minimum atomic E-state index is -0.568. The smallest absolute Gasteiger partial charge is 0.258 e. The quantitative estimate of drug-likeness (QED) is 0.828. The van der Waals surface area contributed by atoms with Gasteiger partial charge in [-0.25, -0.2) is 4.39 Å². The van der Waals surface area contributed by atoms with Crippen LogP contribution in [0.25, 0.3) is 0 Å². The van der Waals surface area contributed by atoms with E-state index in [2.05, 4.69) is 21.2 Å². The van der Waals surface area contributed by atoms with Crippen LogP contribution >= 0.6 is 15.9 Å². The highest BCUT2D eigenvalue weighted by atomic mass is 79.9. The molecule has 0 atom stereocenters. The van der Waals surface area contributed by atoms with Crippen molar-refractivity contribution >= 4 is 33.2 Å². The highest BCUT2D eigenvalue weighted by Gasteiger charge is 2.14. The summed E-state index contributed by atoms with van der Waals surface area (Å²) < 4.78 is 14.2. The van der Waals surface area contributed by atoms with Crippen LogP contribution in [0.1, 0.15) is 15.9 Å². The third-order valence-corrected chi connectivity index (χ3v) is 3.25. The maximum Gasteiger partial charge on any atom is 0.258 e. The van der Waals surface area contributed by atoms with E-state index in [0.717, 1.165) is 5.56 Å². The van der Waals surface area contributed by atoms with Crippen LogP contribution in [0, 0.1) is 12.7 Å². The minimum absolute atomic E-state index is 0.0191. The SMILES string of the molecule is Cc1cc(N)c(NC(=O)c2ccccc2F)c(Br)c1. The summed E-state index contributed by atoms with van der Waals surface area (Å²) in [6, 6.07) is 9.36. The van der Waals surface area contributed by atoms with E-state index in [9.17, 15) is 9.18 Å². The second-order valence-electron chi connectivity index (χ2n) is 4.14. The molecule has 2 aromatic carbocycles. The Bertz CT molecular complexity index is 620. The standard InChI is InChI=1S/C14H12BrFN2O/c1-8-6-10(15)13(12(17)7-8)18-14(19)9-4-2-3-5-11(9)16/h2-7H,17H2,1H3,(H,18,19). The lowest BCUT2D eigenvalue weighted by atomic mass is 10.1. The lowest BCUT2D eigenvalue weighted by Crippen LogP contribution is -2.15. The third-order valence-electron chi connectivity index (χ3n) is 2.62. The number of hydrogen-bond donors (Lipinski definition) is 2. The van der Waals surface area contributed by atoms with Gasteiger partial charge >= 0.3 is 0 Å². The molecule has 0 radical (unpaired) electrons. The van der Waals surface area contributed by atoms with Gasteiger partial charge in [-0.15, -0.1) is 0 Å². The first-order valence-electron chi connectivity index (χ1n) is 5.60. The van der Waals surface area contributed by atoms with E-state index in [4.69, 9.17) is 5.73 Å². The summed E-state index contributed by atoms with van der Waals surface area (Å²) >= 11 is 3.33. The van der Waals surface area contributed by atoms with Crippen molar-refractivity contribution in [3.8, 4) is 0 Å². The molecule has 0 unspecified atom stereocenters. The van der Waals surface area contributed by atoms with Crippen LogP contribution in [0.4, 0.5) is 15.8 Å². The van der Waals surface area contributed by atoms with Crippen molar-refractivity contribution in [3.05, 3.63) is 57.8 Å². The lowest BCUT2D eigenvalue weighted by Gasteiger charge is -2.11. The summed E-state index contributed by atoms with van der Waals surface area (Å²) in [6.07, 6.45) is 0. The van der Waals surface area contributed by atoms with Gasteiger partial charge in [0.05, 0.1) is 16.9 Å². The van der Waals surface area contributed by atoms with Gasteiger partial charge < -0.3 is 11.1 Å². The number of nitrogens with two attached hydrogens (primary N) is 1. The van der Waals surface area contributed by atoms with Gasteiger partial charge in [-0.05, 0) is 52.7 Å². The molecule has 0 aliphatic carbocycles. The van der Waals surface area contributed by atoms with Crippen LogP contribution in [0.3, 0.4) is 0 Å². The molecule has 2 aromatic rings. The van der Waals surface area contributed by atoms with Crippen LogP contribution in [0.2, 0.25) is 0 Å². The Morgan fingerprint density at radius 3 is 2.63 bits per heavy atom. The summed E-state index contributed by atoms with van der Waals surface area (Å²) in [5.41, 5.74) is 7.67. The average molecular weight is 323 g/mol. The number of carbonyl (C=O) groups is 1. The molecule has 1 amide bonds. The number of nitrogen functional groups attached to an aromatic ring is 1. The Hall–Kier alpha value is -1.88. The van der Waals surface area contributed by atoms with E-state index in [1.165, 1.54) is 18.2 Å². The van der Waals surface area contributed by atoms with Crippen molar-refractivity contribution in [1.82, 2.24) is 0 Å². The van der Waals surface area contributed by atoms with Crippen LogP contribution in [0.15, 0.2) is 40.9 Å². The summed E-state index contributed by atoms with van der Waals surface area (Å²) in [6.45, 7) is 1.89. The fourth-order valence-corrected chi connectivity index (χ4v) is 2.42. The Morgan fingerprint density at radius 2 is 2.00 bits per heavy atom. The molecule has 0 heterocycles. The minimum Gasteiger partial charge on any atom is -0.397 e. The van der Waals surface area contributed by atoms with E-state index < -0.39 is 11.7 Å². The Labute approximate surface area is 118 Å². The van der Waals surface area contributed by atoms with E-state index in [-0.39, 0.29) is 5.56 Å². The number of carbonyl (C=O) groups excluding carboxylic acids is 1. The van der Waals surface area contributed by atoms with Crippen molar-refractivity contribution in [1.29, 1.82) is 0 Å². The number of anilines is 2. The Balaban J connectivity index is 2.32. The Morgan fingerprint density at radius 1 is 1.32 bits per heavy atom. The van der Waals surface area contributed by atoms with Gasteiger partial charge in [0.1, 0.15) is 5.82 Å². The molecule has 3 nitrogen and oxygen atoms in total. The monoisotopic (exact) mass is 322 g/mol. The molecule has 2 rings (SSSR count). The highest BCUT2D eigenvalue weighted by Crippen LogP contribution is 2.30. The van der Waals surface area contributed by atoms with Gasteiger partial charge in [-0.1, -0.05) is 12.1 Å². The van der Waals surface area contributed by atoms with Crippen molar-refractivity contribution in [2.45, 2.75) is 6.92 Å². The van der Waals surface area contributed by atoms with Crippen LogP contribution < -0.4 is 11.1 Å². The van der Waals surface area contributed by atoms with E-state index >= 15 is 0 Å². The second kappa shape index (κ2) is 5.40. The van der Waals surface area contributed by atoms with Crippen LogP contribution in [0.5, 0.6) is 0 Å². The van der Waals surface area contributed by atoms with E-state index in [1.54, 1.807) is 12.1 Å². The van der Waals surface area contributed by atoms with Crippen molar-refractivity contribution < 1.29 is 9.18 Å². The summed E-state index contributed by atoms with van der Waals surface area (Å²) in [5.74, 6) is -1.10. The normalized spacial score (nSPS) is 10.3. The molecule has 19 heavy (non-hydrogen) atoms. The average Bonchev–Trinajstić information content (AvgIpc) is 2.34. The number of rotatable bonds is 2. The molecule has 0 saturated heterocycles. The lowest BCUT2D eigenvalue weighted by molar-refractivity contribution is 0.102. The first kappa shape index (κ1) is 13.5. The summed E-state index contributed by atoms with van der Waals surface area (Å²) in [7, 11) is 0. The number of hydrogen-bond acceptors (Lipinski definition) is 2. The largest absolute Gasteiger partial charge is 0.397 e. The third kappa shape index (κ3) is 2.93. The zero-order chi connectivity index (χ0) is 14.0. The number of nitrogens with one attached hydrogen (secondary N) is 1. The molecule has 0 aliphatic rings. The molecule has 3 N–H and O–H groups in total. The van der Waals surface area contributed by atoms with E-state index in [1.807, 2.05) is 13.0 Å². The molecule has 0 bridgehead atoms. The zero-order valence-electron chi connectivity index (χ0n) is 10.2. The summed E-state index contributed by atoms with van der Waals surface area (Å²) in [5, 5.41) is 2.61. The number of halogens is 2. The van der Waals surface area contributed by atoms with Crippen LogP contribution in [-0.4, -0.2) is 5.91 Å². The number of amides is 1. The highest BCUT2D eigenvalue weighted by molar-refractivity contribution is 9.10. The van der Waals surface area contributed by atoms with Crippen molar-refractivity contribution in [2.24, 2.45) is 0 Å². The van der Waals surface area contributed by atoms with Gasteiger partial charge in [0.25, 0.3) is 5.91 Å². The van der Waals surface area contributed by atoms with Crippen molar-refractivity contribution in [3.63, 3.8) is 0 Å². The first-order chi connectivity index (χ1) is 8.99. The van der Waals surface area contributed by atoms with Gasteiger partial charge in [-0.2, -0.15) is 0 Å². The zero-order valence-corrected chi connectivity index (χ0v) is 11.8. The molecule has 0 saturated carbocycles. The fourth-order valence-electron chi connectivity index (χ4n) is 1.73. The second-order valence-corrected chi connectivity index (χ2v) is 5.00. The molecule has 0 aliphatic heterocycles. The molecular formula is C14H12BrFN2O. The van der Waals surface area contributed by atoms with Crippen molar-refractivity contribution in [2.75, 3.05) is 11.1 Å².